The maximum atomic E-state index is 12.7. The highest BCUT2D eigenvalue weighted by Crippen LogP contribution is 2.20. The molecular weight excluding hydrogens is 342 g/mol. The molecule has 0 bridgehead atoms. The van der Waals surface area contributed by atoms with E-state index in [1.807, 2.05) is 24.3 Å². The van der Waals surface area contributed by atoms with E-state index in [2.05, 4.69) is 4.90 Å². The van der Waals surface area contributed by atoms with E-state index in [1.54, 1.807) is 22.7 Å². The fraction of sp³-hybridized carbons (Fsp3) is 0.333. The summed E-state index contributed by atoms with van der Waals surface area (Å²) in [5.74, 6) is 0.0876. The molecule has 0 atom stereocenters. The van der Waals surface area contributed by atoms with Crippen molar-refractivity contribution in [3.8, 4) is 5.75 Å². The van der Waals surface area contributed by atoms with Gasteiger partial charge in [-0.15, -0.1) is 0 Å². The molecule has 6 nitrogen and oxygen atoms in total. The molecule has 1 aliphatic rings. The molecule has 0 radical (unpaired) electrons. The summed E-state index contributed by atoms with van der Waals surface area (Å²) in [6, 6.07) is 9.02. The Hall–Kier alpha value is -2.47. The molecule has 1 fully saturated rings. The van der Waals surface area contributed by atoms with Gasteiger partial charge in [0.25, 0.3) is 5.91 Å². The Bertz CT molecular complexity index is 824. The lowest BCUT2D eigenvalue weighted by atomic mass is 10.2. The summed E-state index contributed by atoms with van der Waals surface area (Å²) in [6.07, 6.45) is 1.54. The highest BCUT2D eigenvalue weighted by Gasteiger charge is 2.24. The van der Waals surface area contributed by atoms with Gasteiger partial charge < -0.3 is 19.1 Å². The number of hydrogen-bond acceptors (Lipinski definition) is 4. The van der Waals surface area contributed by atoms with Crippen LogP contribution < -0.4 is 15.1 Å². The molecule has 0 aliphatic carbocycles. The van der Waals surface area contributed by atoms with Crippen LogP contribution in [0, 0.1) is 0 Å². The lowest BCUT2D eigenvalue weighted by Crippen LogP contribution is -2.49. The molecule has 3 rings (SSSR count). The van der Waals surface area contributed by atoms with Crippen molar-refractivity contribution in [2.75, 3.05) is 38.2 Å². The van der Waals surface area contributed by atoms with Gasteiger partial charge in [0.15, 0.2) is 5.75 Å². The zero-order chi connectivity index (χ0) is 18.0. The van der Waals surface area contributed by atoms with E-state index in [4.69, 9.17) is 16.3 Å². The molecule has 1 amide bonds. The Morgan fingerprint density at radius 2 is 1.76 bits per heavy atom. The Labute approximate surface area is 151 Å². The number of nitrogens with zero attached hydrogens (tertiary/aromatic N) is 3. The third-order valence-corrected chi connectivity index (χ3v) is 4.65. The molecular formula is C18H20ClN3O3. The number of aromatic nitrogens is 1. The van der Waals surface area contributed by atoms with Crippen molar-refractivity contribution in [2.45, 2.75) is 0 Å². The van der Waals surface area contributed by atoms with E-state index < -0.39 is 0 Å². The quantitative estimate of drug-likeness (QED) is 0.839. The van der Waals surface area contributed by atoms with Gasteiger partial charge in [0.2, 0.25) is 5.43 Å². The van der Waals surface area contributed by atoms with E-state index in [0.717, 1.165) is 18.8 Å². The third-order valence-electron chi connectivity index (χ3n) is 4.40. The number of benzene rings is 1. The summed E-state index contributed by atoms with van der Waals surface area (Å²) >= 11 is 5.92. The van der Waals surface area contributed by atoms with Gasteiger partial charge in [-0.25, -0.2) is 0 Å². The van der Waals surface area contributed by atoms with E-state index >= 15 is 0 Å². The van der Waals surface area contributed by atoms with Crippen molar-refractivity contribution in [1.82, 2.24) is 9.47 Å². The number of ether oxygens (including phenoxy) is 1. The highest BCUT2D eigenvalue weighted by atomic mass is 35.5. The molecule has 7 heteroatoms. The summed E-state index contributed by atoms with van der Waals surface area (Å²) < 4.78 is 6.64. The Morgan fingerprint density at radius 3 is 2.36 bits per heavy atom. The Morgan fingerprint density at radius 1 is 1.12 bits per heavy atom. The molecule has 1 aromatic carbocycles. The SMILES string of the molecule is COc1cn(C)c(C(=O)N2CCN(c3ccc(Cl)cc3)CC2)cc1=O. The number of rotatable bonds is 3. The molecule has 0 N–H and O–H groups in total. The monoisotopic (exact) mass is 361 g/mol. The highest BCUT2D eigenvalue weighted by molar-refractivity contribution is 6.30. The topological polar surface area (TPSA) is 54.8 Å². The van der Waals surface area contributed by atoms with Crippen LogP contribution in [0.25, 0.3) is 0 Å². The van der Waals surface area contributed by atoms with Gasteiger partial charge in [-0.1, -0.05) is 11.6 Å². The summed E-state index contributed by atoms with van der Waals surface area (Å²) in [5, 5.41) is 0.706. The second-order valence-corrected chi connectivity index (χ2v) is 6.39. The van der Waals surface area contributed by atoms with Gasteiger partial charge in [0, 0.05) is 50.0 Å². The summed E-state index contributed by atoms with van der Waals surface area (Å²) in [4.78, 5) is 28.7. The molecule has 0 unspecified atom stereocenters. The van der Waals surface area contributed by atoms with Gasteiger partial charge in [-0.2, -0.15) is 0 Å². The van der Waals surface area contributed by atoms with Crippen LogP contribution in [0.4, 0.5) is 5.69 Å². The Kier molecular flexibility index (Phi) is 4.99. The van der Waals surface area contributed by atoms with E-state index in [-0.39, 0.29) is 17.1 Å². The minimum atomic E-state index is -0.288. The fourth-order valence-corrected chi connectivity index (χ4v) is 3.08. The maximum Gasteiger partial charge on any atom is 0.270 e. The number of aryl methyl sites for hydroxylation is 1. The van der Waals surface area contributed by atoms with Crippen molar-refractivity contribution in [3.05, 3.63) is 57.5 Å². The smallest absolute Gasteiger partial charge is 0.270 e. The van der Waals surface area contributed by atoms with Crippen molar-refractivity contribution in [1.29, 1.82) is 0 Å². The average molecular weight is 362 g/mol. The van der Waals surface area contributed by atoms with Crippen molar-refractivity contribution < 1.29 is 9.53 Å². The number of anilines is 1. The number of piperazine rings is 1. The lowest BCUT2D eigenvalue weighted by molar-refractivity contribution is 0.0736. The van der Waals surface area contributed by atoms with Crippen molar-refractivity contribution in [3.63, 3.8) is 0 Å². The number of amides is 1. The molecule has 25 heavy (non-hydrogen) atoms. The van der Waals surface area contributed by atoms with E-state index in [0.29, 0.717) is 23.8 Å². The predicted molar refractivity (Wildman–Crippen MR) is 97.8 cm³/mol. The first-order valence-corrected chi connectivity index (χ1v) is 8.42. The van der Waals surface area contributed by atoms with Gasteiger partial charge >= 0.3 is 0 Å². The predicted octanol–water partition coefficient (Wildman–Crippen LogP) is 2.01. The van der Waals surface area contributed by atoms with Crippen LogP contribution in [-0.2, 0) is 7.05 Å². The van der Waals surface area contributed by atoms with Gasteiger partial charge in [0.1, 0.15) is 5.69 Å². The van der Waals surface area contributed by atoms with Gasteiger partial charge in [-0.05, 0) is 24.3 Å². The summed E-state index contributed by atoms with van der Waals surface area (Å²) in [5.41, 5.74) is 1.17. The molecule has 1 saturated heterocycles. The van der Waals surface area contributed by atoms with Gasteiger partial charge in [-0.3, -0.25) is 9.59 Å². The first-order chi connectivity index (χ1) is 12.0. The largest absolute Gasteiger partial charge is 0.491 e. The molecule has 1 aliphatic heterocycles. The number of carbonyl (C=O) groups is 1. The molecule has 0 saturated carbocycles. The molecule has 2 heterocycles. The lowest BCUT2D eigenvalue weighted by Gasteiger charge is -2.36. The van der Waals surface area contributed by atoms with Crippen LogP contribution in [0.3, 0.4) is 0 Å². The number of halogens is 1. The second-order valence-electron chi connectivity index (χ2n) is 5.96. The minimum absolute atomic E-state index is 0.141. The van der Waals surface area contributed by atoms with Crippen molar-refractivity contribution in [2.24, 2.45) is 7.05 Å². The van der Waals surface area contributed by atoms with Crippen LogP contribution in [0.1, 0.15) is 10.5 Å². The van der Waals surface area contributed by atoms with Crippen LogP contribution in [-0.4, -0.2) is 48.7 Å². The standard InChI is InChI=1S/C18H20ClN3O3/c1-20-12-17(25-2)16(23)11-15(20)18(24)22-9-7-21(8-10-22)14-5-3-13(19)4-6-14/h3-6,11-12H,7-10H2,1-2H3. The molecule has 0 spiro atoms. The number of pyridine rings is 1. The summed E-state index contributed by atoms with van der Waals surface area (Å²) in [7, 11) is 3.17. The zero-order valence-corrected chi connectivity index (χ0v) is 15.0. The second kappa shape index (κ2) is 7.19. The van der Waals surface area contributed by atoms with E-state index in [1.165, 1.54) is 13.2 Å². The number of carbonyl (C=O) groups excluding carboxylic acids is 1. The number of methoxy groups -OCH3 is 1. The molecule has 1 aromatic heterocycles. The maximum absolute atomic E-state index is 12.7. The van der Waals surface area contributed by atoms with Crippen LogP contribution >= 0.6 is 11.6 Å². The van der Waals surface area contributed by atoms with Gasteiger partial charge in [0.05, 0.1) is 13.3 Å². The number of hydrogen-bond donors (Lipinski definition) is 0. The van der Waals surface area contributed by atoms with E-state index in [9.17, 15) is 9.59 Å². The first kappa shape index (κ1) is 17.4. The fourth-order valence-electron chi connectivity index (χ4n) is 2.95. The average Bonchev–Trinajstić information content (AvgIpc) is 2.63. The first-order valence-electron chi connectivity index (χ1n) is 8.04. The van der Waals surface area contributed by atoms with Crippen LogP contribution in [0.5, 0.6) is 5.75 Å². The summed E-state index contributed by atoms with van der Waals surface area (Å²) in [6.45, 7) is 2.66. The normalized spacial score (nSPS) is 14.5. The Balaban J connectivity index is 1.70. The minimum Gasteiger partial charge on any atom is -0.491 e. The molecule has 132 valence electrons. The van der Waals surface area contributed by atoms with Crippen LogP contribution in [0.15, 0.2) is 41.3 Å². The van der Waals surface area contributed by atoms with Crippen LogP contribution in [0.2, 0.25) is 5.02 Å². The zero-order valence-electron chi connectivity index (χ0n) is 14.2. The van der Waals surface area contributed by atoms with Crippen molar-refractivity contribution >= 4 is 23.2 Å². The third kappa shape index (κ3) is 3.64. The molecule has 2 aromatic rings.